The van der Waals surface area contributed by atoms with Crippen molar-refractivity contribution in [2.75, 3.05) is 0 Å². The number of nitrogens with zero attached hydrogens (tertiary/aromatic N) is 2. The summed E-state index contributed by atoms with van der Waals surface area (Å²) in [6, 6.07) is 6.40. The molecular weight excluding hydrogens is 246 g/mol. The van der Waals surface area contributed by atoms with Crippen molar-refractivity contribution in [2.45, 2.75) is 65.5 Å². The van der Waals surface area contributed by atoms with Crippen molar-refractivity contribution in [2.24, 2.45) is 5.73 Å². The summed E-state index contributed by atoms with van der Waals surface area (Å²) in [6.07, 6.45) is 7.64. The number of hydrogen-bond donors (Lipinski definition) is 1. The minimum Gasteiger partial charge on any atom is -0.328 e. The third kappa shape index (κ3) is 3.40. The molecule has 0 bridgehead atoms. The first kappa shape index (κ1) is 15.0. The Morgan fingerprint density at radius 2 is 1.90 bits per heavy atom. The van der Waals surface area contributed by atoms with Crippen LogP contribution in [0.2, 0.25) is 0 Å². The van der Waals surface area contributed by atoms with Gasteiger partial charge in [-0.05, 0) is 31.0 Å². The summed E-state index contributed by atoms with van der Waals surface area (Å²) >= 11 is 0. The predicted molar refractivity (Wildman–Crippen MR) is 85.8 cm³/mol. The summed E-state index contributed by atoms with van der Waals surface area (Å²) in [4.78, 5) is 4.82. The minimum atomic E-state index is 0.585. The van der Waals surface area contributed by atoms with Gasteiger partial charge in [0.15, 0.2) is 0 Å². The molecule has 0 unspecified atom stereocenters. The van der Waals surface area contributed by atoms with Gasteiger partial charge in [-0.25, -0.2) is 4.98 Å². The van der Waals surface area contributed by atoms with Gasteiger partial charge in [-0.3, -0.25) is 0 Å². The number of aromatic nitrogens is 2. The fourth-order valence-corrected chi connectivity index (χ4v) is 2.78. The topological polar surface area (TPSA) is 43.8 Å². The van der Waals surface area contributed by atoms with Crippen molar-refractivity contribution in [3.63, 3.8) is 0 Å². The maximum Gasteiger partial charge on any atom is 0.109 e. The number of aryl methyl sites for hydroxylation is 2. The molecule has 0 fully saturated rings. The average molecular weight is 273 g/mol. The molecule has 0 aliphatic rings. The lowest BCUT2D eigenvalue weighted by molar-refractivity contribution is 0.606. The normalized spacial score (nSPS) is 11.3. The monoisotopic (exact) mass is 273 g/mol. The highest BCUT2D eigenvalue weighted by atomic mass is 15.1. The van der Waals surface area contributed by atoms with Gasteiger partial charge in [-0.2, -0.15) is 0 Å². The number of hydrogen-bond acceptors (Lipinski definition) is 2. The maximum absolute atomic E-state index is 5.71. The van der Waals surface area contributed by atoms with Gasteiger partial charge in [0.25, 0.3) is 0 Å². The Hall–Kier alpha value is -1.35. The zero-order chi connectivity index (χ0) is 14.4. The molecule has 1 heterocycles. The fraction of sp³-hybridized carbons (Fsp3) is 0.588. The molecule has 3 nitrogen and oxygen atoms in total. The SMILES string of the molecule is CCCCCCCc1nc2cc(CN)ccc2n1CC. The van der Waals surface area contributed by atoms with Crippen LogP contribution in [-0.2, 0) is 19.5 Å². The zero-order valence-corrected chi connectivity index (χ0v) is 12.9. The van der Waals surface area contributed by atoms with Crippen molar-refractivity contribution < 1.29 is 0 Å². The van der Waals surface area contributed by atoms with E-state index in [9.17, 15) is 0 Å². The van der Waals surface area contributed by atoms with E-state index < -0.39 is 0 Å². The van der Waals surface area contributed by atoms with Crippen LogP contribution in [0.1, 0.15) is 57.3 Å². The molecule has 0 radical (unpaired) electrons. The molecular formula is C17H27N3. The summed E-state index contributed by atoms with van der Waals surface area (Å²) in [5, 5.41) is 0. The van der Waals surface area contributed by atoms with Crippen molar-refractivity contribution in [1.82, 2.24) is 9.55 Å². The molecule has 1 aromatic carbocycles. The quantitative estimate of drug-likeness (QED) is 0.738. The van der Waals surface area contributed by atoms with E-state index in [1.807, 2.05) is 0 Å². The largest absolute Gasteiger partial charge is 0.328 e. The molecule has 110 valence electrons. The maximum atomic E-state index is 5.71. The second-order valence-corrected chi connectivity index (χ2v) is 5.46. The first-order valence-corrected chi connectivity index (χ1v) is 7.98. The lowest BCUT2D eigenvalue weighted by Gasteiger charge is -2.06. The van der Waals surface area contributed by atoms with Crippen molar-refractivity contribution >= 4 is 11.0 Å². The Labute approximate surface area is 122 Å². The highest BCUT2D eigenvalue weighted by molar-refractivity contribution is 5.77. The predicted octanol–water partition coefficient (Wildman–Crippen LogP) is 4.03. The van der Waals surface area contributed by atoms with Gasteiger partial charge in [0, 0.05) is 19.5 Å². The van der Waals surface area contributed by atoms with Gasteiger partial charge in [0.2, 0.25) is 0 Å². The van der Waals surface area contributed by atoms with E-state index >= 15 is 0 Å². The third-order valence-electron chi connectivity index (χ3n) is 3.95. The molecule has 0 amide bonds. The molecule has 1 aromatic heterocycles. The molecule has 2 aromatic rings. The van der Waals surface area contributed by atoms with Crippen molar-refractivity contribution in [3.8, 4) is 0 Å². The Morgan fingerprint density at radius 3 is 2.60 bits per heavy atom. The number of rotatable bonds is 8. The first-order chi connectivity index (χ1) is 9.80. The summed E-state index contributed by atoms with van der Waals surface area (Å²) < 4.78 is 2.34. The minimum absolute atomic E-state index is 0.585. The number of nitrogens with two attached hydrogens (primary N) is 1. The lowest BCUT2D eigenvalue weighted by Crippen LogP contribution is -2.02. The van der Waals surface area contributed by atoms with Gasteiger partial charge in [0.05, 0.1) is 11.0 Å². The van der Waals surface area contributed by atoms with Crippen molar-refractivity contribution in [1.29, 1.82) is 0 Å². The van der Waals surface area contributed by atoms with Crippen LogP contribution in [0.4, 0.5) is 0 Å². The molecule has 0 aliphatic heterocycles. The molecule has 0 saturated carbocycles. The lowest BCUT2D eigenvalue weighted by atomic mass is 10.1. The average Bonchev–Trinajstić information content (AvgIpc) is 2.83. The van der Waals surface area contributed by atoms with Gasteiger partial charge < -0.3 is 10.3 Å². The van der Waals surface area contributed by atoms with Gasteiger partial charge in [-0.1, -0.05) is 38.7 Å². The Bertz CT molecular complexity index is 542. The van der Waals surface area contributed by atoms with E-state index in [2.05, 4.69) is 36.6 Å². The number of unbranched alkanes of at least 4 members (excludes halogenated alkanes) is 4. The van der Waals surface area contributed by atoms with Crippen LogP contribution in [0.5, 0.6) is 0 Å². The fourth-order valence-electron chi connectivity index (χ4n) is 2.78. The van der Waals surface area contributed by atoms with E-state index in [1.54, 1.807) is 0 Å². The second kappa shape index (κ2) is 7.44. The molecule has 20 heavy (non-hydrogen) atoms. The van der Waals surface area contributed by atoms with Gasteiger partial charge >= 0.3 is 0 Å². The van der Waals surface area contributed by atoms with Crippen LogP contribution in [0, 0.1) is 0 Å². The van der Waals surface area contributed by atoms with Crippen LogP contribution in [0.3, 0.4) is 0 Å². The van der Waals surface area contributed by atoms with E-state index in [1.165, 1.54) is 43.4 Å². The Balaban J connectivity index is 2.11. The standard InChI is InChI=1S/C17H27N3/c1-3-5-6-7-8-9-17-19-15-12-14(13-18)10-11-16(15)20(17)4-2/h10-12H,3-9,13,18H2,1-2H3. The highest BCUT2D eigenvalue weighted by Gasteiger charge is 2.09. The Kier molecular flexibility index (Phi) is 5.60. The van der Waals surface area contributed by atoms with Crippen LogP contribution in [0.15, 0.2) is 18.2 Å². The number of imidazole rings is 1. The van der Waals surface area contributed by atoms with E-state index in [-0.39, 0.29) is 0 Å². The molecule has 0 saturated heterocycles. The summed E-state index contributed by atoms with van der Waals surface area (Å²) in [7, 11) is 0. The van der Waals surface area contributed by atoms with Crippen molar-refractivity contribution in [3.05, 3.63) is 29.6 Å². The summed E-state index contributed by atoms with van der Waals surface area (Å²) in [5.41, 5.74) is 9.21. The third-order valence-corrected chi connectivity index (χ3v) is 3.95. The summed E-state index contributed by atoms with van der Waals surface area (Å²) in [6.45, 7) is 6.02. The molecule has 0 spiro atoms. The smallest absolute Gasteiger partial charge is 0.109 e. The van der Waals surface area contributed by atoms with Crippen LogP contribution >= 0.6 is 0 Å². The van der Waals surface area contributed by atoms with Crippen LogP contribution in [-0.4, -0.2) is 9.55 Å². The zero-order valence-electron chi connectivity index (χ0n) is 12.9. The van der Waals surface area contributed by atoms with Crippen LogP contribution < -0.4 is 5.73 Å². The molecule has 0 aliphatic carbocycles. The Morgan fingerprint density at radius 1 is 1.10 bits per heavy atom. The van der Waals surface area contributed by atoms with Gasteiger partial charge in [-0.15, -0.1) is 0 Å². The summed E-state index contributed by atoms with van der Waals surface area (Å²) in [5.74, 6) is 1.23. The number of benzene rings is 1. The molecule has 2 N–H and O–H groups in total. The molecule has 2 rings (SSSR count). The van der Waals surface area contributed by atoms with E-state index in [0.717, 1.165) is 24.0 Å². The molecule has 3 heteroatoms. The first-order valence-electron chi connectivity index (χ1n) is 7.98. The second-order valence-electron chi connectivity index (χ2n) is 5.46. The van der Waals surface area contributed by atoms with Gasteiger partial charge in [0.1, 0.15) is 5.82 Å². The highest BCUT2D eigenvalue weighted by Crippen LogP contribution is 2.19. The van der Waals surface area contributed by atoms with E-state index in [4.69, 9.17) is 10.7 Å². The van der Waals surface area contributed by atoms with Crippen LogP contribution in [0.25, 0.3) is 11.0 Å². The number of fused-ring (bicyclic) bond motifs is 1. The molecule has 0 atom stereocenters. The van der Waals surface area contributed by atoms with E-state index in [0.29, 0.717) is 6.54 Å².